The average molecular weight is 361 g/mol. The second kappa shape index (κ2) is 7.52. The van der Waals surface area contributed by atoms with E-state index in [0.717, 1.165) is 10.6 Å². The van der Waals surface area contributed by atoms with E-state index in [1.165, 1.54) is 18.4 Å². The predicted molar refractivity (Wildman–Crippen MR) is 93.8 cm³/mol. The minimum Gasteiger partial charge on any atom is -0.481 e. The minimum absolute atomic E-state index is 0.0645. The molecule has 7 nitrogen and oxygen atoms in total. The van der Waals surface area contributed by atoms with E-state index in [-0.39, 0.29) is 5.91 Å². The number of nitrogens with zero attached hydrogens (tertiary/aromatic N) is 2. The van der Waals surface area contributed by atoms with E-state index in [1.54, 1.807) is 11.8 Å². The fourth-order valence-electron chi connectivity index (χ4n) is 2.59. The van der Waals surface area contributed by atoms with Gasteiger partial charge in [-0.2, -0.15) is 0 Å². The summed E-state index contributed by atoms with van der Waals surface area (Å²) >= 11 is 1.36. The summed E-state index contributed by atoms with van der Waals surface area (Å²) in [6, 6.07) is 9.28. The molecule has 1 unspecified atom stereocenters. The lowest BCUT2D eigenvalue weighted by Gasteiger charge is -2.28. The first-order chi connectivity index (χ1) is 12.1. The van der Waals surface area contributed by atoms with Gasteiger partial charge in [0.1, 0.15) is 5.75 Å². The Bertz CT molecular complexity index is 763. The Kier molecular flexibility index (Phi) is 5.18. The lowest BCUT2D eigenvalue weighted by Crippen LogP contribution is -2.42. The topological polar surface area (TPSA) is 80.8 Å². The Morgan fingerprint density at radius 1 is 1.32 bits per heavy atom. The van der Waals surface area contributed by atoms with E-state index in [9.17, 15) is 9.59 Å². The number of ether oxygens (including phenoxy) is 2. The number of nitrogens with one attached hydrogen (secondary N) is 1. The smallest absolute Gasteiger partial charge is 0.413 e. The van der Waals surface area contributed by atoms with Gasteiger partial charge in [0, 0.05) is 17.8 Å². The van der Waals surface area contributed by atoms with Gasteiger partial charge in [0.15, 0.2) is 11.2 Å². The van der Waals surface area contributed by atoms with Crippen LogP contribution in [0, 0.1) is 0 Å². The second-order valence-electron chi connectivity index (χ2n) is 5.59. The maximum absolute atomic E-state index is 12.6. The molecule has 3 rings (SSSR count). The molecule has 1 N–H and O–H groups in total. The fourth-order valence-corrected chi connectivity index (χ4v) is 3.60. The molecule has 2 heterocycles. The summed E-state index contributed by atoms with van der Waals surface area (Å²) in [4.78, 5) is 31.0. The fraction of sp³-hybridized carbons (Fsp3) is 0.353. The number of benzene rings is 1. The van der Waals surface area contributed by atoms with Crippen molar-refractivity contribution >= 4 is 28.5 Å². The first-order valence-corrected chi connectivity index (χ1v) is 8.72. The van der Waals surface area contributed by atoms with Gasteiger partial charge in [-0.15, -0.1) is 0 Å². The quantitative estimate of drug-likeness (QED) is 0.905. The van der Waals surface area contributed by atoms with Crippen LogP contribution in [0.25, 0.3) is 0 Å². The summed E-state index contributed by atoms with van der Waals surface area (Å²) in [6.07, 6.45) is -0.466. The highest BCUT2D eigenvalue weighted by atomic mass is 32.1. The number of carbonyl (C=O) groups excluding carboxylic acids is 2. The molecule has 1 aliphatic rings. The third-order valence-corrected chi connectivity index (χ3v) is 4.84. The van der Waals surface area contributed by atoms with Crippen LogP contribution in [0.1, 0.15) is 17.5 Å². The molecule has 25 heavy (non-hydrogen) atoms. The molecule has 0 aliphatic carbocycles. The van der Waals surface area contributed by atoms with Crippen LogP contribution in [0.5, 0.6) is 5.75 Å². The molecule has 2 aromatic rings. The minimum atomic E-state index is -0.565. The zero-order valence-electron chi connectivity index (χ0n) is 14.0. The molecule has 1 atom stereocenters. The summed E-state index contributed by atoms with van der Waals surface area (Å²) in [5.41, 5.74) is 0.914. The molecule has 0 radical (unpaired) electrons. The van der Waals surface area contributed by atoms with Gasteiger partial charge in [0.05, 0.1) is 19.3 Å². The first-order valence-electron chi connectivity index (χ1n) is 7.91. The van der Waals surface area contributed by atoms with Crippen LogP contribution in [0.15, 0.2) is 30.3 Å². The van der Waals surface area contributed by atoms with Crippen molar-refractivity contribution in [2.45, 2.75) is 26.0 Å². The zero-order chi connectivity index (χ0) is 17.8. The molecule has 0 spiro atoms. The van der Waals surface area contributed by atoms with Crippen LogP contribution >= 0.6 is 11.3 Å². The zero-order valence-corrected chi connectivity index (χ0v) is 14.8. The molecule has 0 saturated heterocycles. The summed E-state index contributed by atoms with van der Waals surface area (Å²) < 4.78 is 10.3. The first kappa shape index (κ1) is 17.2. The van der Waals surface area contributed by atoms with Crippen molar-refractivity contribution in [3.8, 4) is 5.75 Å². The predicted octanol–water partition coefficient (Wildman–Crippen LogP) is 2.67. The van der Waals surface area contributed by atoms with Crippen LogP contribution in [0.3, 0.4) is 0 Å². The number of carbonyl (C=O) groups is 2. The molecular formula is C17H19N3O4S. The number of methoxy groups -OCH3 is 1. The molecular weight excluding hydrogens is 342 g/mol. The van der Waals surface area contributed by atoms with Crippen molar-refractivity contribution in [1.29, 1.82) is 0 Å². The Morgan fingerprint density at radius 3 is 2.80 bits per heavy atom. The van der Waals surface area contributed by atoms with Gasteiger partial charge in [-0.25, -0.2) is 9.78 Å². The molecule has 132 valence electrons. The highest BCUT2D eigenvalue weighted by molar-refractivity contribution is 7.15. The number of aromatic nitrogens is 1. The Balaban J connectivity index is 1.63. The van der Waals surface area contributed by atoms with Gasteiger partial charge in [0.2, 0.25) is 0 Å². The standard InChI is InChI=1S/C17H19N3O4S/c1-11(24-12-6-4-3-5-7-12)15(21)20-9-8-13-14(10-20)25-16(18-13)19-17(22)23-2/h3-7,11H,8-10H2,1-2H3,(H,18,19,22). The molecule has 1 aromatic carbocycles. The largest absolute Gasteiger partial charge is 0.481 e. The van der Waals surface area contributed by atoms with Crippen molar-refractivity contribution in [3.63, 3.8) is 0 Å². The molecule has 0 bridgehead atoms. The van der Waals surface area contributed by atoms with Crippen LogP contribution in [0.4, 0.5) is 9.93 Å². The SMILES string of the molecule is COC(=O)Nc1nc2c(s1)CN(C(=O)C(C)Oc1ccccc1)CC2. The maximum atomic E-state index is 12.6. The monoisotopic (exact) mass is 361 g/mol. The average Bonchev–Trinajstić information content (AvgIpc) is 3.02. The van der Waals surface area contributed by atoms with Gasteiger partial charge < -0.3 is 14.4 Å². The molecule has 0 fully saturated rings. The van der Waals surface area contributed by atoms with Crippen molar-refractivity contribution in [1.82, 2.24) is 9.88 Å². The highest BCUT2D eigenvalue weighted by Crippen LogP contribution is 2.29. The lowest BCUT2D eigenvalue weighted by molar-refractivity contribution is -0.138. The number of anilines is 1. The van der Waals surface area contributed by atoms with Gasteiger partial charge in [-0.05, 0) is 19.1 Å². The van der Waals surface area contributed by atoms with E-state index in [2.05, 4.69) is 15.0 Å². The van der Waals surface area contributed by atoms with E-state index in [1.807, 2.05) is 30.3 Å². The van der Waals surface area contributed by atoms with Crippen molar-refractivity contribution in [2.24, 2.45) is 0 Å². The third-order valence-electron chi connectivity index (χ3n) is 3.84. The molecule has 0 saturated carbocycles. The van der Waals surface area contributed by atoms with Crippen molar-refractivity contribution < 1.29 is 19.1 Å². The van der Waals surface area contributed by atoms with E-state index in [4.69, 9.17) is 4.74 Å². The van der Waals surface area contributed by atoms with Crippen molar-refractivity contribution in [2.75, 3.05) is 19.0 Å². The number of hydrogen-bond acceptors (Lipinski definition) is 6. The van der Waals surface area contributed by atoms with Gasteiger partial charge in [0.25, 0.3) is 5.91 Å². The van der Waals surface area contributed by atoms with E-state index >= 15 is 0 Å². The van der Waals surface area contributed by atoms with Gasteiger partial charge in [-0.1, -0.05) is 29.5 Å². The Labute approximate surface area is 149 Å². The van der Waals surface area contributed by atoms with Crippen LogP contribution in [0.2, 0.25) is 0 Å². The summed E-state index contributed by atoms with van der Waals surface area (Å²) in [5, 5.41) is 3.05. The van der Waals surface area contributed by atoms with Crippen LogP contribution in [-0.4, -0.2) is 41.6 Å². The molecule has 8 heteroatoms. The Morgan fingerprint density at radius 2 is 2.08 bits per heavy atom. The normalized spacial score (nSPS) is 14.4. The number of rotatable bonds is 4. The number of para-hydroxylation sites is 1. The van der Waals surface area contributed by atoms with E-state index in [0.29, 0.717) is 30.4 Å². The summed E-state index contributed by atoms with van der Waals surface area (Å²) in [5.74, 6) is 0.605. The lowest BCUT2D eigenvalue weighted by atomic mass is 10.1. The van der Waals surface area contributed by atoms with Gasteiger partial charge >= 0.3 is 6.09 Å². The number of hydrogen-bond donors (Lipinski definition) is 1. The van der Waals surface area contributed by atoms with Gasteiger partial charge in [-0.3, -0.25) is 10.1 Å². The molecule has 1 aliphatic heterocycles. The third kappa shape index (κ3) is 4.08. The second-order valence-corrected chi connectivity index (χ2v) is 6.67. The number of amides is 2. The van der Waals surface area contributed by atoms with E-state index < -0.39 is 12.2 Å². The van der Waals surface area contributed by atoms with Crippen molar-refractivity contribution in [3.05, 3.63) is 40.9 Å². The molecule has 2 amide bonds. The maximum Gasteiger partial charge on any atom is 0.413 e. The van der Waals surface area contributed by atoms with Crippen LogP contribution < -0.4 is 10.1 Å². The summed E-state index contributed by atoms with van der Waals surface area (Å²) in [6.45, 7) is 2.80. The number of thiazole rings is 1. The summed E-state index contributed by atoms with van der Waals surface area (Å²) in [7, 11) is 1.30. The molecule has 1 aromatic heterocycles. The number of fused-ring (bicyclic) bond motifs is 1. The van der Waals surface area contributed by atoms with Crippen LogP contribution in [-0.2, 0) is 22.5 Å². The Hall–Kier alpha value is -2.61. The highest BCUT2D eigenvalue weighted by Gasteiger charge is 2.28.